The van der Waals surface area contributed by atoms with E-state index >= 15 is 0 Å². The second-order valence-corrected chi connectivity index (χ2v) is 5.21. The standard InChI is InChI=1S/C13H14F6O6/c1-2-23-8(20)7-3-5-11(6-4-7,24-9(21)12(14,15)16)25-10(22)13(17,18)19/h7H,2-6H2,1H3. The molecule has 0 aromatic heterocycles. The highest BCUT2D eigenvalue weighted by Crippen LogP contribution is 2.39. The normalized spacial score (nSPS) is 18.4. The van der Waals surface area contributed by atoms with Crippen molar-refractivity contribution in [3.63, 3.8) is 0 Å². The topological polar surface area (TPSA) is 78.9 Å². The number of carbonyl (C=O) groups excluding carboxylic acids is 3. The van der Waals surface area contributed by atoms with Crippen LogP contribution >= 0.6 is 0 Å². The van der Waals surface area contributed by atoms with Crippen LogP contribution in [-0.2, 0) is 28.6 Å². The quantitative estimate of drug-likeness (QED) is 0.424. The van der Waals surface area contributed by atoms with E-state index in [1.165, 1.54) is 6.92 Å². The van der Waals surface area contributed by atoms with Gasteiger partial charge < -0.3 is 14.2 Å². The maximum Gasteiger partial charge on any atom is 0.491 e. The van der Waals surface area contributed by atoms with Crippen LogP contribution in [0.25, 0.3) is 0 Å². The fraction of sp³-hybridized carbons (Fsp3) is 0.769. The molecule has 0 atom stereocenters. The van der Waals surface area contributed by atoms with Crippen molar-refractivity contribution in [1.29, 1.82) is 0 Å². The number of ether oxygens (including phenoxy) is 3. The van der Waals surface area contributed by atoms with Crippen molar-refractivity contribution < 1.29 is 54.9 Å². The van der Waals surface area contributed by atoms with Gasteiger partial charge >= 0.3 is 30.3 Å². The molecule has 0 bridgehead atoms. The maximum atomic E-state index is 12.3. The monoisotopic (exact) mass is 380 g/mol. The zero-order chi connectivity index (χ0) is 19.5. The van der Waals surface area contributed by atoms with Crippen molar-refractivity contribution in [2.24, 2.45) is 5.92 Å². The van der Waals surface area contributed by atoms with Gasteiger partial charge in [0.05, 0.1) is 12.5 Å². The Morgan fingerprint density at radius 3 is 1.64 bits per heavy atom. The van der Waals surface area contributed by atoms with E-state index in [1.807, 2.05) is 0 Å². The first-order valence-corrected chi connectivity index (χ1v) is 7.07. The summed E-state index contributed by atoms with van der Waals surface area (Å²) >= 11 is 0. The molecule has 0 aromatic carbocycles. The minimum atomic E-state index is -5.49. The first kappa shape index (κ1) is 21.0. The van der Waals surface area contributed by atoms with Gasteiger partial charge in [0.15, 0.2) is 0 Å². The van der Waals surface area contributed by atoms with Gasteiger partial charge in [-0.2, -0.15) is 26.3 Å². The maximum absolute atomic E-state index is 12.3. The minimum Gasteiger partial charge on any atom is -0.466 e. The summed E-state index contributed by atoms with van der Waals surface area (Å²) in [5.41, 5.74) is 0. The van der Waals surface area contributed by atoms with Crippen LogP contribution < -0.4 is 0 Å². The van der Waals surface area contributed by atoms with Gasteiger partial charge in [0.2, 0.25) is 0 Å². The molecule has 0 heterocycles. The van der Waals surface area contributed by atoms with Crippen LogP contribution in [0.2, 0.25) is 0 Å². The van der Waals surface area contributed by atoms with Gasteiger partial charge in [0.25, 0.3) is 5.79 Å². The second-order valence-electron chi connectivity index (χ2n) is 5.21. The lowest BCUT2D eigenvalue weighted by atomic mass is 9.85. The highest BCUT2D eigenvalue weighted by molar-refractivity contribution is 5.78. The molecular formula is C13H14F6O6. The largest absolute Gasteiger partial charge is 0.491 e. The summed E-state index contributed by atoms with van der Waals surface area (Å²) in [5.74, 6) is -9.85. The van der Waals surface area contributed by atoms with Gasteiger partial charge in [-0.1, -0.05) is 0 Å². The molecule has 1 aliphatic carbocycles. The van der Waals surface area contributed by atoms with Crippen LogP contribution in [0.1, 0.15) is 32.6 Å². The molecular weight excluding hydrogens is 366 g/mol. The Morgan fingerprint density at radius 1 is 0.920 bits per heavy atom. The molecule has 1 saturated carbocycles. The molecule has 25 heavy (non-hydrogen) atoms. The molecule has 0 spiro atoms. The first-order chi connectivity index (χ1) is 11.3. The number of esters is 3. The lowest BCUT2D eigenvalue weighted by molar-refractivity contribution is -0.280. The predicted octanol–water partition coefficient (Wildman–Crippen LogP) is 2.65. The summed E-state index contributed by atoms with van der Waals surface area (Å²) in [4.78, 5) is 33.5. The van der Waals surface area contributed by atoms with Gasteiger partial charge in [0, 0.05) is 12.8 Å². The van der Waals surface area contributed by atoms with E-state index < -0.39 is 54.8 Å². The Balaban J connectivity index is 2.93. The molecule has 0 amide bonds. The number of carbonyl (C=O) groups is 3. The van der Waals surface area contributed by atoms with Gasteiger partial charge in [-0.25, -0.2) is 9.59 Å². The smallest absolute Gasteiger partial charge is 0.466 e. The summed E-state index contributed by atoms with van der Waals surface area (Å²) in [5, 5.41) is 0. The van der Waals surface area contributed by atoms with Crippen molar-refractivity contribution >= 4 is 17.9 Å². The molecule has 0 aromatic rings. The minimum absolute atomic E-state index is 0.0343. The third-order valence-corrected chi connectivity index (χ3v) is 3.39. The average molecular weight is 380 g/mol. The fourth-order valence-corrected chi connectivity index (χ4v) is 2.23. The highest BCUT2D eigenvalue weighted by atomic mass is 19.4. The van der Waals surface area contributed by atoms with Crippen molar-refractivity contribution in [2.45, 2.75) is 50.7 Å². The van der Waals surface area contributed by atoms with Crippen molar-refractivity contribution in [2.75, 3.05) is 6.61 Å². The molecule has 1 aliphatic rings. The summed E-state index contributed by atoms with van der Waals surface area (Å²) in [6, 6.07) is 0. The lowest BCUT2D eigenvalue weighted by Gasteiger charge is -2.37. The fourth-order valence-electron chi connectivity index (χ4n) is 2.23. The van der Waals surface area contributed by atoms with Crippen LogP contribution in [0, 0.1) is 5.92 Å². The summed E-state index contributed by atoms with van der Waals surface area (Å²) < 4.78 is 86.8. The van der Waals surface area contributed by atoms with Crippen LogP contribution in [-0.4, -0.2) is 42.7 Å². The molecule has 0 aliphatic heterocycles. The Bertz CT molecular complexity index is 488. The van der Waals surface area contributed by atoms with E-state index in [0.717, 1.165) is 0 Å². The zero-order valence-electron chi connectivity index (χ0n) is 12.8. The zero-order valence-corrected chi connectivity index (χ0v) is 12.8. The summed E-state index contributed by atoms with van der Waals surface area (Å²) in [6.07, 6.45) is -13.0. The molecule has 0 N–H and O–H groups in total. The third-order valence-electron chi connectivity index (χ3n) is 3.39. The Kier molecular flexibility index (Phi) is 6.29. The molecule has 144 valence electrons. The number of hydrogen-bond acceptors (Lipinski definition) is 6. The highest BCUT2D eigenvalue weighted by Gasteiger charge is 2.53. The molecule has 1 rings (SSSR count). The molecule has 12 heteroatoms. The van der Waals surface area contributed by atoms with Gasteiger partial charge in [-0.3, -0.25) is 4.79 Å². The van der Waals surface area contributed by atoms with E-state index in [2.05, 4.69) is 9.47 Å². The number of halogens is 6. The van der Waals surface area contributed by atoms with Crippen LogP contribution in [0.5, 0.6) is 0 Å². The van der Waals surface area contributed by atoms with Crippen molar-refractivity contribution in [3.8, 4) is 0 Å². The van der Waals surface area contributed by atoms with Gasteiger partial charge in [0.1, 0.15) is 0 Å². The average Bonchev–Trinajstić information content (AvgIpc) is 2.46. The molecule has 0 unspecified atom stereocenters. The third kappa shape index (κ3) is 5.78. The number of hydrogen-bond donors (Lipinski definition) is 0. The van der Waals surface area contributed by atoms with Crippen LogP contribution in [0.3, 0.4) is 0 Å². The van der Waals surface area contributed by atoms with Gasteiger partial charge in [-0.15, -0.1) is 0 Å². The first-order valence-electron chi connectivity index (χ1n) is 7.07. The molecule has 0 saturated heterocycles. The van der Waals surface area contributed by atoms with Crippen LogP contribution in [0.15, 0.2) is 0 Å². The Morgan fingerprint density at radius 2 is 1.32 bits per heavy atom. The number of alkyl halides is 6. The Hall–Kier alpha value is -2.01. The van der Waals surface area contributed by atoms with E-state index in [-0.39, 0.29) is 19.4 Å². The van der Waals surface area contributed by atoms with Crippen molar-refractivity contribution in [3.05, 3.63) is 0 Å². The van der Waals surface area contributed by atoms with Crippen molar-refractivity contribution in [1.82, 2.24) is 0 Å². The van der Waals surface area contributed by atoms with E-state index in [1.54, 1.807) is 0 Å². The SMILES string of the molecule is CCOC(=O)C1CCC(OC(=O)C(F)(F)F)(OC(=O)C(F)(F)F)CC1. The molecule has 6 nitrogen and oxygen atoms in total. The van der Waals surface area contributed by atoms with E-state index in [0.29, 0.717) is 0 Å². The van der Waals surface area contributed by atoms with E-state index in [9.17, 15) is 40.7 Å². The molecule has 1 fully saturated rings. The second kappa shape index (κ2) is 7.48. The van der Waals surface area contributed by atoms with Crippen LogP contribution in [0.4, 0.5) is 26.3 Å². The predicted molar refractivity (Wildman–Crippen MR) is 65.6 cm³/mol. The lowest BCUT2D eigenvalue weighted by Crippen LogP contribution is -2.48. The Labute approximate surface area is 137 Å². The van der Waals surface area contributed by atoms with Gasteiger partial charge in [-0.05, 0) is 19.8 Å². The summed E-state index contributed by atoms with van der Waals surface area (Å²) in [6.45, 7) is 1.55. The summed E-state index contributed by atoms with van der Waals surface area (Å²) in [7, 11) is 0. The van der Waals surface area contributed by atoms with E-state index in [4.69, 9.17) is 4.74 Å². The number of rotatable bonds is 4. The molecule has 0 radical (unpaired) electrons.